The van der Waals surface area contributed by atoms with Crippen molar-refractivity contribution in [2.24, 2.45) is 11.8 Å². The van der Waals surface area contributed by atoms with Crippen molar-refractivity contribution in [3.63, 3.8) is 0 Å². The number of fused-ring (bicyclic) bond motifs is 1. The van der Waals surface area contributed by atoms with Crippen LogP contribution in [0.4, 0.5) is 0 Å². The fourth-order valence-corrected chi connectivity index (χ4v) is 4.11. The van der Waals surface area contributed by atoms with Gasteiger partial charge in [-0.3, -0.25) is 0 Å². The Balaban J connectivity index is 1.67. The van der Waals surface area contributed by atoms with E-state index in [1.54, 1.807) is 0 Å². The summed E-state index contributed by atoms with van der Waals surface area (Å²) in [5.41, 5.74) is 2.48. The first kappa shape index (κ1) is 14.2. The molecule has 2 atom stereocenters. The normalized spacial score (nSPS) is 29.1. The van der Waals surface area contributed by atoms with Crippen LogP contribution in [0.15, 0.2) is 12.1 Å². The number of benzene rings is 1. The number of hydrogen-bond acceptors (Lipinski definition) is 2. The van der Waals surface area contributed by atoms with Crippen molar-refractivity contribution in [2.75, 3.05) is 6.61 Å². The van der Waals surface area contributed by atoms with E-state index in [0.717, 1.165) is 42.2 Å². The smallest absolute Gasteiger partial charge is 0.127 e. The van der Waals surface area contributed by atoms with Gasteiger partial charge in [-0.15, -0.1) is 0 Å². The molecule has 3 rings (SSSR count). The summed E-state index contributed by atoms with van der Waals surface area (Å²) in [6.45, 7) is 6.39. The highest BCUT2D eigenvalue weighted by molar-refractivity contribution is 6.30. The van der Waals surface area contributed by atoms with Gasteiger partial charge >= 0.3 is 0 Å². The summed E-state index contributed by atoms with van der Waals surface area (Å²) in [4.78, 5) is 0. The second-order valence-electron chi connectivity index (χ2n) is 6.65. The molecule has 0 radical (unpaired) electrons. The molecule has 0 spiro atoms. The average molecular weight is 294 g/mol. The molecular weight excluding hydrogens is 270 g/mol. The third-order valence-electron chi connectivity index (χ3n) is 4.59. The fourth-order valence-electron chi connectivity index (χ4n) is 3.85. The summed E-state index contributed by atoms with van der Waals surface area (Å²) in [7, 11) is 0. The Morgan fingerprint density at radius 3 is 2.70 bits per heavy atom. The first-order valence-corrected chi connectivity index (χ1v) is 8.17. The van der Waals surface area contributed by atoms with E-state index >= 15 is 0 Å². The molecule has 2 aliphatic rings. The molecule has 20 heavy (non-hydrogen) atoms. The minimum absolute atomic E-state index is 0.629. The van der Waals surface area contributed by atoms with E-state index in [1.165, 1.54) is 30.4 Å². The van der Waals surface area contributed by atoms with Crippen LogP contribution in [0, 0.1) is 11.8 Å². The van der Waals surface area contributed by atoms with Gasteiger partial charge in [0.15, 0.2) is 0 Å². The van der Waals surface area contributed by atoms with E-state index in [9.17, 15) is 0 Å². The van der Waals surface area contributed by atoms with Crippen molar-refractivity contribution in [1.82, 2.24) is 5.32 Å². The maximum Gasteiger partial charge on any atom is 0.127 e. The monoisotopic (exact) mass is 293 g/mol. The van der Waals surface area contributed by atoms with Gasteiger partial charge in [0, 0.05) is 29.6 Å². The van der Waals surface area contributed by atoms with E-state index in [1.807, 2.05) is 12.1 Å². The van der Waals surface area contributed by atoms with Crippen molar-refractivity contribution >= 4 is 11.6 Å². The van der Waals surface area contributed by atoms with Crippen LogP contribution in [0.5, 0.6) is 5.75 Å². The maximum atomic E-state index is 6.21. The summed E-state index contributed by atoms with van der Waals surface area (Å²) in [6, 6.07) is 4.72. The van der Waals surface area contributed by atoms with Crippen LogP contribution in [-0.2, 0) is 13.0 Å². The van der Waals surface area contributed by atoms with Gasteiger partial charge in [0.1, 0.15) is 5.75 Å². The van der Waals surface area contributed by atoms with Crippen molar-refractivity contribution in [3.8, 4) is 5.75 Å². The number of rotatable bonds is 3. The molecule has 0 aromatic heterocycles. The van der Waals surface area contributed by atoms with Crippen LogP contribution >= 0.6 is 11.6 Å². The lowest BCUT2D eigenvalue weighted by molar-refractivity contribution is 0.237. The van der Waals surface area contributed by atoms with Crippen LogP contribution in [0.3, 0.4) is 0 Å². The molecule has 1 N–H and O–H groups in total. The SMILES string of the molecule is CC1CC(C)CC(NCc2cc(Cl)cc3c2OCC3)C1. The van der Waals surface area contributed by atoms with Crippen LogP contribution in [-0.4, -0.2) is 12.6 Å². The highest BCUT2D eigenvalue weighted by atomic mass is 35.5. The third kappa shape index (κ3) is 3.12. The zero-order valence-corrected chi connectivity index (χ0v) is 13.2. The molecule has 3 heteroatoms. The Morgan fingerprint density at radius 1 is 1.20 bits per heavy atom. The number of nitrogens with one attached hydrogen (secondary N) is 1. The molecule has 1 heterocycles. The minimum atomic E-state index is 0.629. The molecule has 1 aliphatic carbocycles. The Hall–Kier alpha value is -0.730. The number of ether oxygens (including phenoxy) is 1. The largest absolute Gasteiger partial charge is 0.493 e. The molecule has 1 saturated carbocycles. The van der Waals surface area contributed by atoms with E-state index in [2.05, 4.69) is 19.2 Å². The summed E-state index contributed by atoms with van der Waals surface area (Å²) in [5, 5.41) is 4.55. The molecule has 1 aromatic carbocycles. The third-order valence-corrected chi connectivity index (χ3v) is 4.80. The first-order chi connectivity index (χ1) is 9.61. The molecule has 110 valence electrons. The topological polar surface area (TPSA) is 21.3 Å². The maximum absolute atomic E-state index is 6.21. The predicted molar refractivity (Wildman–Crippen MR) is 83.5 cm³/mol. The fraction of sp³-hybridized carbons (Fsp3) is 0.647. The molecule has 0 bridgehead atoms. The molecule has 2 unspecified atom stereocenters. The molecule has 1 aromatic rings. The second-order valence-corrected chi connectivity index (χ2v) is 7.08. The van der Waals surface area contributed by atoms with E-state index in [-0.39, 0.29) is 0 Å². The van der Waals surface area contributed by atoms with Crippen molar-refractivity contribution < 1.29 is 4.74 Å². The van der Waals surface area contributed by atoms with Crippen molar-refractivity contribution in [2.45, 2.75) is 52.1 Å². The van der Waals surface area contributed by atoms with Crippen molar-refractivity contribution in [1.29, 1.82) is 0 Å². The van der Waals surface area contributed by atoms with Crippen LogP contribution in [0.2, 0.25) is 5.02 Å². The Morgan fingerprint density at radius 2 is 1.95 bits per heavy atom. The number of halogens is 1. The standard InChI is InChI=1S/C17H24ClNO/c1-11-5-12(2)7-16(6-11)19-10-14-9-15(18)8-13-3-4-20-17(13)14/h8-9,11-12,16,19H,3-7,10H2,1-2H3. The van der Waals surface area contributed by atoms with E-state index in [4.69, 9.17) is 16.3 Å². The molecular formula is C17H24ClNO. The van der Waals surface area contributed by atoms with Gasteiger partial charge in [0.2, 0.25) is 0 Å². The van der Waals surface area contributed by atoms with Gasteiger partial charge in [-0.25, -0.2) is 0 Å². The molecule has 1 aliphatic heterocycles. The van der Waals surface area contributed by atoms with Gasteiger partial charge in [-0.2, -0.15) is 0 Å². The second kappa shape index (κ2) is 5.95. The van der Waals surface area contributed by atoms with E-state index < -0.39 is 0 Å². The zero-order valence-electron chi connectivity index (χ0n) is 12.4. The minimum Gasteiger partial charge on any atom is -0.493 e. The van der Waals surface area contributed by atoms with E-state index in [0.29, 0.717) is 6.04 Å². The lowest BCUT2D eigenvalue weighted by atomic mass is 9.80. The summed E-state index contributed by atoms with van der Waals surface area (Å²) < 4.78 is 5.77. The highest BCUT2D eigenvalue weighted by Gasteiger charge is 2.24. The molecule has 2 nitrogen and oxygen atoms in total. The molecule has 0 saturated heterocycles. The lowest BCUT2D eigenvalue weighted by Crippen LogP contribution is -2.35. The Kier molecular flexibility index (Phi) is 4.23. The van der Waals surface area contributed by atoms with Crippen LogP contribution < -0.4 is 10.1 Å². The molecule has 1 fully saturated rings. The quantitative estimate of drug-likeness (QED) is 0.902. The average Bonchev–Trinajstić information content (AvgIpc) is 2.82. The zero-order chi connectivity index (χ0) is 14.1. The van der Waals surface area contributed by atoms with Crippen LogP contribution in [0.1, 0.15) is 44.2 Å². The molecule has 0 amide bonds. The van der Waals surface area contributed by atoms with Crippen LogP contribution in [0.25, 0.3) is 0 Å². The highest BCUT2D eigenvalue weighted by Crippen LogP contribution is 2.33. The summed E-state index contributed by atoms with van der Waals surface area (Å²) >= 11 is 6.21. The predicted octanol–water partition coefficient (Wildman–Crippen LogP) is 4.19. The first-order valence-electron chi connectivity index (χ1n) is 7.79. The summed E-state index contributed by atoms with van der Waals surface area (Å²) in [6.07, 6.45) is 4.93. The van der Waals surface area contributed by atoms with Gasteiger partial charge in [-0.1, -0.05) is 25.4 Å². The van der Waals surface area contributed by atoms with Gasteiger partial charge in [0.05, 0.1) is 6.61 Å². The number of hydrogen-bond donors (Lipinski definition) is 1. The summed E-state index contributed by atoms with van der Waals surface area (Å²) in [5.74, 6) is 2.73. The van der Waals surface area contributed by atoms with Gasteiger partial charge in [-0.05, 0) is 48.8 Å². The van der Waals surface area contributed by atoms with Crippen molar-refractivity contribution in [3.05, 3.63) is 28.3 Å². The Bertz CT molecular complexity index is 478. The Labute approximate surface area is 126 Å². The van der Waals surface area contributed by atoms with Gasteiger partial charge in [0.25, 0.3) is 0 Å². The van der Waals surface area contributed by atoms with Gasteiger partial charge < -0.3 is 10.1 Å². The lowest BCUT2D eigenvalue weighted by Gasteiger charge is -2.32.